The summed E-state index contributed by atoms with van der Waals surface area (Å²) < 4.78 is 7.13. The number of hydrogen-bond donors (Lipinski definition) is 1. The molecule has 0 saturated carbocycles. The maximum Gasteiger partial charge on any atom is 0.248 e. The SMILES string of the molecule is COCC(=O)N1CCC(NCc2cc(Br)c(Br)s2)CC1. The van der Waals surface area contributed by atoms with Crippen LogP contribution in [0.25, 0.3) is 0 Å². The van der Waals surface area contributed by atoms with Gasteiger partial charge in [0.15, 0.2) is 0 Å². The van der Waals surface area contributed by atoms with Crippen LogP contribution in [0.5, 0.6) is 0 Å². The van der Waals surface area contributed by atoms with Crippen LogP contribution in [-0.4, -0.2) is 43.7 Å². The van der Waals surface area contributed by atoms with Gasteiger partial charge in [0.05, 0.1) is 3.79 Å². The zero-order chi connectivity index (χ0) is 14.5. The van der Waals surface area contributed by atoms with Crippen LogP contribution >= 0.6 is 43.2 Å². The first-order valence-electron chi connectivity index (χ1n) is 6.54. The van der Waals surface area contributed by atoms with Gasteiger partial charge in [-0.3, -0.25) is 4.79 Å². The van der Waals surface area contributed by atoms with E-state index in [1.807, 2.05) is 4.90 Å². The molecule has 1 amide bonds. The van der Waals surface area contributed by atoms with Crippen LogP contribution < -0.4 is 5.32 Å². The topological polar surface area (TPSA) is 41.6 Å². The fourth-order valence-electron chi connectivity index (χ4n) is 2.27. The lowest BCUT2D eigenvalue weighted by Gasteiger charge is -2.32. The second-order valence-electron chi connectivity index (χ2n) is 4.80. The Bertz CT molecular complexity index is 440. The summed E-state index contributed by atoms with van der Waals surface area (Å²) in [7, 11) is 1.56. The lowest BCUT2D eigenvalue weighted by molar-refractivity contribution is -0.136. The number of piperidine rings is 1. The van der Waals surface area contributed by atoms with Crippen molar-refractivity contribution in [3.8, 4) is 0 Å². The van der Waals surface area contributed by atoms with Crippen LogP contribution in [-0.2, 0) is 16.1 Å². The summed E-state index contributed by atoms with van der Waals surface area (Å²) >= 11 is 8.75. The van der Waals surface area contributed by atoms with E-state index >= 15 is 0 Å². The summed E-state index contributed by atoms with van der Waals surface area (Å²) in [5.74, 6) is 0.0945. The highest BCUT2D eigenvalue weighted by molar-refractivity contribution is 9.13. The van der Waals surface area contributed by atoms with Crippen LogP contribution in [0.3, 0.4) is 0 Å². The quantitative estimate of drug-likeness (QED) is 0.788. The molecule has 112 valence electrons. The summed E-state index contributed by atoms with van der Waals surface area (Å²) in [6.45, 7) is 2.70. The minimum Gasteiger partial charge on any atom is -0.375 e. The molecule has 1 saturated heterocycles. The molecule has 4 nitrogen and oxygen atoms in total. The minimum absolute atomic E-state index is 0.0945. The standard InChI is InChI=1S/C13H18Br2N2O2S/c1-19-8-12(18)17-4-2-9(3-5-17)16-7-10-6-11(14)13(15)20-10/h6,9,16H,2-5,7-8H2,1H3. The van der Waals surface area contributed by atoms with Crippen molar-refractivity contribution in [1.82, 2.24) is 10.2 Å². The number of ether oxygens (including phenoxy) is 1. The van der Waals surface area contributed by atoms with Crippen LogP contribution in [0.4, 0.5) is 0 Å². The van der Waals surface area contributed by atoms with Crippen LogP contribution in [0.15, 0.2) is 14.3 Å². The minimum atomic E-state index is 0.0945. The lowest BCUT2D eigenvalue weighted by atomic mass is 10.1. The van der Waals surface area contributed by atoms with Crippen LogP contribution in [0, 0.1) is 0 Å². The Hall–Kier alpha value is 0.0500. The average Bonchev–Trinajstić information content (AvgIpc) is 2.76. The molecule has 0 radical (unpaired) electrons. The van der Waals surface area contributed by atoms with Gasteiger partial charge in [-0.25, -0.2) is 0 Å². The van der Waals surface area contributed by atoms with Gasteiger partial charge in [0.2, 0.25) is 5.91 Å². The van der Waals surface area contributed by atoms with Gasteiger partial charge in [-0.05, 0) is 50.8 Å². The van der Waals surface area contributed by atoms with E-state index in [0.29, 0.717) is 6.04 Å². The normalized spacial score (nSPS) is 16.6. The van der Waals surface area contributed by atoms with Gasteiger partial charge in [0.1, 0.15) is 6.61 Å². The van der Waals surface area contributed by atoms with E-state index in [0.717, 1.165) is 40.7 Å². The smallest absolute Gasteiger partial charge is 0.248 e. The number of carbonyl (C=O) groups is 1. The number of hydrogen-bond acceptors (Lipinski definition) is 4. The summed E-state index contributed by atoms with van der Waals surface area (Å²) in [6.07, 6.45) is 2.01. The van der Waals surface area contributed by atoms with Crippen molar-refractivity contribution in [3.63, 3.8) is 0 Å². The Balaban J connectivity index is 1.73. The highest BCUT2D eigenvalue weighted by Crippen LogP contribution is 2.32. The Labute approximate surface area is 140 Å². The summed E-state index contributed by atoms with van der Waals surface area (Å²) in [4.78, 5) is 14.9. The van der Waals surface area contributed by atoms with Crippen LogP contribution in [0.2, 0.25) is 0 Å². The van der Waals surface area contributed by atoms with Gasteiger partial charge in [-0.2, -0.15) is 0 Å². The fraction of sp³-hybridized carbons (Fsp3) is 0.615. The van der Waals surface area contributed by atoms with E-state index in [-0.39, 0.29) is 12.5 Å². The van der Waals surface area contributed by atoms with Gasteiger partial charge in [-0.1, -0.05) is 0 Å². The molecule has 1 aliphatic heterocycles. The van der Waals surface area contributed by atoms with Crippen molar-refractivity contribution in [1.29, 1.82) is 0 Å². The van der Waals surface area contributed by atoms with Crippen molar-refractivity contribution in [2.24, 2.45) is 0 Å². The number of halogens is 2. The number of rotatable bonds is 5. The molecule has 1 aliphatic rings. The first-order valence-corrected chi connectivity index (χ1v) is 8.94. The number of carbonyl (C=O) groups excluding carboxylic acids is 1. The van der Waals surface area contributed by atoms with Crippen molar-refractivity contribution < 1.29 is 9.53 Å². The van der Waals surface area contributed by atoms with Gasteiger partial charge < -0.3 is 15.0 Å². The molecule has 0 spiro atoms. The van der Waals surface area contributed by atoms with Gasteiger partial charge >= 0.3 is 0 Å². The monoisotopic (exact) mass is 424 g/mol. The zero-order valence-corrected chi connectivity index (χ0v) is 15.3. The maximum absolute atomic E-state index is 11.7. The molecule has 0 bridgehead atoms. The molecule has 1 aromatic heterocycles. The number of methoxy groups -OCH3 is 1. The number of amides is 1. The summed E-state index contributed by atoms with van der Waals surface area (Å²) in [5, 5.41) is 3.57. The first kappa shape index (κ1) is 16.4. The first-order chi connectivity index (χ1) is 9.60. The van der Waals surface area contributed by atoms with E-state index in [1.165, 1.54) is 4.88 Å². The molecule has 2 rings (SSSR count). The van der Waals surface area contributed by atoms with Crippen LogP contribution in [0.1, 0.15) is 17.7 Å². The Morgan fingerprint density at radius 2 is 2.20 bits per heavy atom. The molecule has 1 N–H and O–H groups in total. The number of nitrogens with one attached hydrogen (secondary N) is 1. The Morgan fingerprint density at radius 1 is 1.50 bits per heavy atom. The third-order valence-electron chi connectivity index (χ3n) is 3.38. The second kappa shape index (κ2) is 7.89. The average molecular weight is 426 g/mol. The molecule has 0 atom stereocenters. The van der Waals surface area contributed by atoms with Gasteiger partial charge in [0.25, 0.3) is 0 Å². The molecule has 1 aromatic rings. The van der Waals surface area contributed by atoms with Crippen molar-refractivity contribution in [2.75, 3.05) is 26.8 Å². The number of nitrogens with zero attached hydrogens (tertiary/aromatic N) is 1. The zero-order valence-electron chi connectivity index (χ0n) is 11.3. The predicted molar refractivity (Wildman–Crippen MR) is 88.0 cm³/mol. The number of likely N-dealkylation sites (tertiary alicyclic amines) is 1. The van der Waals surface area contributed by atoms with Gasteiger partial charge in [-0.15, -0.1) is 11.3 Å². The molecular weight excluding hydrogens is 408 g/mol. The molecule has 2 heterocycles. The molecule has 0 unspecified atom stereocenters. The molecular formula is C13H18Br2N2O2S. The van der Waals surface area contributed by atoms with E-state index in [9.17, 15) is 4.79 Å². The highest BCUT2D eigenvalue weighted by atomic mass is 79.9. The second-order valence-corrected chi connectivity index (χ2v) is 8.11. The van der Waals surface area contributed by atoms with Gasteiger partial charge in [0, 0.05) is 42.1 Å². The highest BCUT2D eigenvalue weighted by Gasteiger charge is 2.22. The van der Waals surface area contributed by atoms with E-state index in [1.54, 1.807) is 18.4 Å². The van der Waals surface area contributed by atoms with E-state index in [4.69, 9.17) is 4.74 Å². The Kier molecular flexibility index (Phi) is 6.48. The van der Waals surface area contributed by atoms with Crippen molar-refractivity contribution in [3.05, 3.63) is 19.2 Å². The lowest BCUT2D eigenvalue weighted by Crippen LogP contribution is -2.45. The van der Waals surface area contributed by atoms with Crippen molar-refractivity contribution in [2.45, 2.75) is 25.4 Å². The molecule has 20 heavy (non-hydrogen) atoms. The van der Waals surface area contributed by atoms with E-state index in [2.05, 4.69) is 43.2 Å². The Morgan fingerprint density at radius 3 is 2.75 bits per heavy atom. The maximum atomic E-state index is 11.7. The summed E-state index contributed by atoms with van der Waals surface area (Å²) in [6, 6.07) is 2.63. The largest absolute Gasteiger partial charge is 0.375 e. The molecule has 1 fully saturated rings. The molecule has 0 aromatic carbocycles. The third-order valence-corrected chi connectivity index (χ3v) is 6.63. The number of thiophene rings is 1. The third kappa shape index (κ3) is 4.53. The molecule has 7 heteroatoms. The van der Waals surface area contributed by atoms with Crippen molar-refractivity contribution >= 4 is 49.1 Å². The van der Waals surface area contributed by atoms with E-state index < -0.39 is 0 Å². The predicted octanol–water partition coefficient (Wildman–Crippen LogP) is 3.00. The summed E-state index contributed by atoms with van der Waals surface area (Å²) in [5.41, 5.74) is 0. The molecule has 0 aliphatic carbocycles. The fourth-order valence-corrected chi connectivity index (χ4v) is 4.40.